The van der Waals surface area contributed by atoms with E-state index in [0.29, 0.717) is 4.34 Å². The van der Waals surface area contributed by atoms with E-state index in [0.717, 1.165) is 19.1 Å². The van der Waals surface area contributed by atoms with Gasteiger partial charge in [0.25, 0.3) is 0 Å². The SMILES string of the molecule is Cc1sc(Br)cc1C(O)c1ccc(Cl)s1. The Morgan fingerprint density at radius 3 is 2.60 bits per heavy atom. The van der Waals surface area contributed by atoms with Gasteiger partial charge in [-0.2, -0.15) is 0 Å². The first-order chi connectivity index (χ1) is 7.08. The summed E-state index contributed by atoms with van der Waals surface area (Å²) in [5.74, 6) is 0. The number of halogens is 2. The van der Waals surface area contributed by atoms with Gasteiger partial charge in [0.1, 0.15) is 6.10 Å². The van der Waals surface area contributed by atoms with E-state index in [1.807, 2.05) is 25.1 Å². The lowest BCUT2D eigenvalue weighted by Crippen LogP contribution is -1.96. The molecule has 0 aromatic carbocycles. The Hall–Kier alpha value is 0.130. The number of aliphatic hydroxyl groups is 1. The van der Waals surface area contributed by atoms with Crippen LogP contribution < -0.4 is 0 Å². The molecule has 0 aliphatic heterocycles. The molecular weight excluding hydrogens is 316 g/mol. The second kappa shape index (κ2) is 4.55. The van der Waals surface area contributed by atoms with Crippen LogP contribution in [0, 0.1) is 6.92 Å². The van der Waals surface area contributed by atoms with Gasteiger partial charge in [0, 0.05) is 15.3 Å². The van der Waals surface area contributed by atoms with Crippen LogP contribution in [0.5, 0.6) is 0 Å². The molecule has 1 atom stereocenters. The van der Waals surface area contributed by atoms with E-state index >= 15 is 0 Å². The number of aryl methyl sites for hydroxylation is 1. The van der Waals surface area contributed by atoms with Crippen molar-refractivity contribution in [2.75, 3.05) is 0 Å². The molecule has 1 unspecified atom stereocenters. The van der Waals surface area contributed by atoms with Crippen molar-refractivity contribution in [3.63, 3.8) is 0 Å². The van der Waals surface area contributed by atoms with Gasteiger partial charge in [-0.25, -0.2) is 0 Å². The van der Waals surface area contributed by atoms with Crippen LogP contribution in [-0.2, 0) is 0 Å². The quantitative estimate of drug-likeness (QED) is 0.855. The lowest BCUT2D eigenvalue weighted by molar-refractivity contribution is 0.224. The minimum absolute atomic E-state index is 0.565. The van der Waals surface area contributed by atoms with Gasteiger partial charge in [-0.15, -0.1) is 22.7 Å². The summed E-state index contributed by atoms with van der Waals surface area (Å²) in [7, 11) is 0. The summed E-state index contributed by atoms with van der Waals surface area (Å²) < 4.78 is 1.74. The summed E-state index contributed by atoms with van der Waals surface area (Å²) in [4.78, 5) is 2.01. The fraction of sp³-hybridized carbons (Fsp3) is 0.200. The van der Waals surface area contributed by atoms with Crippen LogP contribution >= 0.6 is 50.2 Å². The summed E-state index contributed by atoms with van der Waals surface area (Å²) in [5, 5.41) is 10.1. The van der Waals surface area contributed by atoms with Crippen LogP contribution in [0.4, 0.5) is 0 Å². The van der Waals surface area contributed by atoms with Gasteiger partial charge in [0.2, 0.25) is 0 Å². The first-order valence-corrected chi connectivity index (χ1v) is 7.07. The average molecular weight is 324 g/mol. The molecule has 0 aliphatic rings. The molecule has 5 heteroatoms. The van der Waals surface area contributed by atoms with E-state index in [9.17, 15) is 5.11 Å². The minimum Gasteiger partial charge on any atom is -0.383 e. The van der Waals surface area contributed by atoms with Gasteiger partial charge in [-0.1, -0.05) is 11.6 Å². The highest BCUT2D eigenvalue weighted by atomic mass is 79.9. The molecule has 80 valence electrons. The molecule has 15 heavy (non-hydrogen) atoms. The van der Waals surface area contributed by atoms with Gasteiger partial charge >= 0.3 is 0 Å². The molecule has 2 aromatic heterocycles. The molecule has 1 N–H and O–H groups in total. The van der Waals surface area contributed by atoms with Crippen LogP contribution in [0.1, 0.15) is 21.4 Å². The van der Waals surface area contributed by atoms with Crippen molar-refractivity contribution in [1.82, 2.24) is 0 Å². The first-order valence-electron chi connectivity index (χ1n) is 4.27. The van der Waals surface area contributed by atoms with E-state index < -0.39 is 6.10 Å². The number of hydrogen-bond acceptors (Lipinski definition) is 3. The number of hydrogen-bond donors (Lipinski definition) is 1. The number of aliphatic hydroxyl groups excluding tert-OH is 1. The van der Waals surface area contributed by atoms with Gasteiger partial charge in [-0.3, -0.25) is 0 Å². The lowest BCUT2D eigenvalue weighted by atomic mass is 10.1. The van der Waals surface area contributed by atoms with Gasteiger partial charge in [0.05, 0.1) is 8.12 Å². The first kappa shape index (κ1) is 11.6. The summed E-state index contributed by atoms with van der Waals surface area (Å²) in [6.07, 6.45) is -0.565. The normalized spacial score (nSPS) is 13.1. The largest absolute Gasteiger partial charge is 0.383 e. The van der Waals surface area contributed by atoms with E-state index in [1.54, 1.807) is 11.3 Å². The van der Waals surface area contributed by atoms with Crippen molar-refractivity contribution in [1.29, 1.82) is 0 Å². The maximum absolute atomic E-state index is 10.1. The van der Waals surface area contributed by atoms with Crippen molar-refractivity contribution in [3.8, 4) is 0 Å². The topological polar surface area (TPSA) is 20.2 Å². The monoisotopic (exact) mass is 322 g/mol. The predicted molar refractivity (Wildman–Crippen MR) is 70.1 cm³/mol. The highest BCUT2D eigenvalue weighted by molar-refractivity contribution is 9.11. The maximum Gasteiger partial charge on any atom is 0.114 e. The van der Waals surface area contributed by atoms with Crippen molar-refractivity contribution >= 4 is 50.2 Å². The molecule has 0 fully saturated rings. The molecule has 2 heterocycles. The van der Waals surface area contributed by atoms with Gasteiger partial charge in [-0.05, 0) is 41.1 Å². The fourth-order valence-electron chi connectivity index (χ4n) is 1.36. The van der Waals surface area contributed by atoms with E-state index in [2.05, 4.69) is 15.9 Å². The number of rotatable bonds is 2. The van der Waals surface area contributed by atoms with Crippen LogP contribution in [-0.4, -0.2) is 5.11 Å². The smallest absolute Gasteiger partial charge is 0.114 e. The predicted octanol–water partition coefficient (Wildman–Crippen LogP) is 4.62. The third kappa shape index (κ3) is 2.45. The van der Waals surface area contributed by atoms with Crippen molar-refractivity contribution in [3.05, 3.63) is 41.6 Å². The zero-order valence-electron chi connectivity index (χ0n) is 7.83. The molecule has 0 saturated carbocycles. The highest BCUT2D eigenvalue weighted by Gasteiger charge is 2.17. The van der Waals surface area contributed by atoms with E-state index in [-0.39, 0.29) is 0 Å². The molecule has 1 nitrogen and oxygen atoms in total. The molecule has 0 spiro atoms. The Kier molecular flexibility index (Phi) is 3.52. The van der Waals surface area contributed by atoms with Crippen LogP contribution in [0.25, 0.3) is 0 Å². The lowest BCUT2D eigenvalue weighted by Gasteiger charge is -2.07. The molecule has 2 aromatic rings. The Balaban J connectivity index is 2.35. The molecule has 0 radical (unpaired) electrons. The Morgan fingerprint density at radius 1 is 1.40 bits per heavy atom. The van der Waals surface area contributed by atoms with E-state index in [4.69, 9.17) is 11.6 Å². The molecule has 0 saturated heterocycles. The van der Waals surface area contributed by atoms with Gasteiger partial charge < -0.3 is 5.11 Å². The Morgan fingerprint density at radius 2 is 2.13 bits per heavy atom. The van der Waals surface area contributed by atoms with Crippen molar-refractivity contribution < 1.29 is 5.11 Å². The molecular formula is C10H8BrClOS2. The zero-order chi connectivity index (χ0) is 11.0. The maximum atomic E-state index is 10.1. The Bertz CT molecular complexity index is 477. The third-order valence-electron chi connectivity index (χ3n) is 2.08. The molecule has 2 rings (SSSR count). The fourth-order valence-corrected chi connectivity index (χ4v) is 4.17. The summed E-state index contributed by atoms with van der Waals surface area (Å²) in [6, 6.07) is 5.63. The average Bonchev–Trinajstić information content (AvgIpc) is 2.71. The van der Waals surface area contributed by atoms with Crippen LogP contribution in [0.3, 0.4) is 0 Å². The van der Waals surface area contributed by atoms with Gasteiger partial charge in [0.15, 0.2) is 0 Å². The standard InChI is InChI=1S/C10H8BrClOS2/c1-5-6(4-8(11)14-5)10(13)7-2-3-9(12)15-7/h2-4,10,13H,1H3. The molecule has 0 aliphatic carbocycles. The highest BCUT2D eigenvalue weighted by Crippen LogP contribution is 2.36. The van der Waals surface area contributed by atoms with E-state index in [1.165, 1.54) is 11.3 Å². The third-order valence-corrected chi connectivity index (χ3v) is 4.94. The second-order valence-corrected chi connectivity index (χ2v) is 7.49. The zero-order valence-corrected chi connectivity index (χ0v) is 11.8. The minimum atomic E-state index is -0.565. The van der Waals surface area contributed by atoms with Crippen molar-refractivity contribution in [2.24, 2.45) is 0 Å². The summed E-state index contributed by atoms with van der Waals surface area (Å²) in [6.45, 7) is 2.00. The van der Waals surface area contributed by atoms with Crippen molar-refractivity contribution in [2.45, 2.75) is 13.0 Å². The second-order valence-electron chi connectivity index (χ2n) is 3.11. The summed E-state index contributed by atoms with van der Waals surface area (Å²) >= 11 is 12.3. The van der Waals surface area contributed by atoms with Crippen LogP contribution in [0.2, 0.25) is 4.34 Å². The molecule has 0 bridgehead atoms. The summed E-state index contributed by atoms with van der Waals surface area (Å²) in [5.41, 5.74) is 0.949. The number of thiophene rings is 2. The van der Waals surface area contributed by atoms with Crippen LogP contribution in [0.15, 0.2) is 22.0 Å². The molecule has 0 amide bonds. The Labute approximate surface area is 109 Å².